The van der Waals surface area contributed by atoms with Crippen LogP contribution < -0.4 is 0 Å². The van der Waals surface area contributed by atoms with E-state index < -0.39 is 0 Å². The molecule has 5 rings (SSSR count). The number of pyridine rings is 1. The van der Waals surface area contributed by atoms with Gasteiger partial charge in [0.1, 0.15) is 6.33 Å². The number of fused-ring (bicyclic) bond motifs is 1. The monoisotopic (exact) mass is 465 g/mol. The van der Waals surface area contributed by atoms with Crippen molar-refractivity contribution in [3.8, 4) is 21.8 Å². The molecule has 1 saturated heterocycles. The molecule has 1 fully saturated rings. The van der Waals surface area contributed by atoms with Crippen LogP contribution in [-0.2, 0) is 4.74 Å². The van der Waals surface area contributed by atoms with Crippen LogP contribution in [0.5, 0.6) is 0 Å². The first-order valence-corrected chi connectivity index (χ1v) is 12.4. The highest BCUT2D eigenvalue weighted by Gasteiger charge is 2.25. The lowest BCUT2D eigenvalue weighted by Gasteiger charge is -2.30. The molecule has 1 N–H and O–H groups in total. The van der Waals surface area contributed by atoms with E-state index in [4.69, 9.17) is 14.8 Å². The number of hydrogen-bond donors (Lipinski definition) is 1. The van der Waals surface area contributed by atoms with Crippen LogP contribution >= 0.6 is 11.3 Å². The van der Waals surface area contributed by atoms with E-state index in [-0.39, 0.29) is 0 Å². The largest absolute Gasteiger partial charge is 0.383 e. The number of nitrogens with one attached hydrogen (secondary N) is 1. The van der Waals surface area contributed by atoms with Gasteiger partial charge in [0, 0.05) is 43.1 Å². The second-order valence-electron chi connectivity index (χ2n) is 9.13. The number of aryl methyl sites for hydroxylation is 1. The zero-order valence-electron chi connectivity index (χ0n) is 19.7. The highest BCUT2D eigenvalue weighted by Crippen LogP contribution is 2.40. The van der Waals surface area contributed by atoms with Gasteiger partial charge in [0.25, 0.3) is 0 Å². The number of aromatic nitrogens is 6. The van der Waals surface area contributed by atoms with Crippen LogP contribution in [0.4, 0.5) is 0 Å². The number of hydrogen-bond acceptors (Lipinski definition) is 7. The van der Waals surface area contributed by atoms with Gasteiger partial charge in [-0.2, -0.15) is 10.2 Å². The Balaban J connectivity index is 1.42. The topological polar surface area (TPSA) is 84.2 Å². The number of likely N-dealkylation sites (tertiary alicyclic amines) is 1. The van der Waals surface area contributed by atoms with Crippen molar-refractivity contribution in [1.82, 2.24) is 34.7 Å². The molecule has 0 bridgehead atoms. The van der Waals surface area contributed by atoms with E-state index in [0.29, 0.717) is 11.8 Å². The van der Waals surface area contributed by atoms with Crippen LogP contribution in [0.1, 0.15) is 54.7 Å². The van der Waals surface area contributed by atoms with Crippen LogP contribution in [0.2, 0.25) is 0 Å². The summed E-state index contributed by atoms with van der Waals surface area (Å²) in [6.07, 6.45) is 7.92. The van der Waals surface area contributed by atoms with Gasteiger partial charge in [-0.25, -0.2) is 14.5 Å². The minimum Gasteiger partial charge on any atom is -0.383 e. The number of piperidine rings is 1. The van der Waals surface area contributed by atoms with Gasteiger partial charge in [-0.1, -0.05) is 13.8 Å². The van der Waals surface area contributed by atoms with Gasteiger partial charge in [0.15, 0.2) is 5.65 Å². The molecule has 1 aliphatic heterocycles. The van der Waals surface area contributed by atoms with E-state index >= 15 is 0 Å². The van der Waals surface area contributed by atoms with Crippen molar-refractivity contribution >= 4 is 17.0 Å². The summed E-state index contributed by atoms with van der Waals surface area (Å²) in [5, 5.41) is 13.7. The summed E-state index contributed by atoms with van der Waals surface area (Å²) in [7, 11) is 1.77. The minimum absolute atomic E-state index is 0.315. The lowest BCUT2D eigenvalue weighted by atomic mass is 9.96. The molecule has 174 valence electrons. The first-order chi connectivity index (χ1) is 16.0. The number of methoxy groups -OCH3 is 1. The number of ether oxygens (including phenoxy) is 1. The van der Waals surface area contributed by atoms with E-state index in [2.05, 4.69) is 46.9 Å². The van der Waals surface area contributed by atoms with Crippen molar-refractivity contribution in [2.45, 2.75) is 45.4 Å². The number of rotatable bonds is 7. The third-order valence-corrected chi connectivity index (χ3v) is 7.71. The van der Waals surface area contributed by atoms with Crippen LogP contribution in [0, 0.1) is 6.92 Å². The Morgan fingerprint density at radius 1 is 1.24 bits per heavy atom. The molecule has 5 heterocycles. The number of nitrogens with zero attached hydrogens (tertiary/aromatic N) is 6. The summed E-state index contributed by atoms with van der Waals surface area (Å²) in [5.74, 6) is 0.847. The molecule has 0 aromatic carbocycles. The second-order valence-corrected chi connectivity index (χ2v) is 10.2. The van der Waals surface area contributed by atoms with Crippen molar-refractivity contribution in [1.29, 1.82) is 0 Å². The van der Waals surface area contributed by atoms with Crippen LogP contribution in [-0.4, -0.2) is 68.0 Å². The average molecular weight is 466 g/mol. The first-order valence-electron chi connectivity index (χ1n) is 11.6. The fraction of sp³-hybridized carbons (Fsp3) is 0.500. The summed E-state index contributed by atoms with van der Waals surface area (Å²) in [5.41, 5.74) is 6.28. The zero-order chi connectivity index (χ0) is 22.9. The third kappa shape index (κ3) is 4.32. The number of thiazole rings is 1. The summed E-state index contributed by atoms with van der Waals surface area (Å²) in [6, 6.07) is 2.14. The molecule has 0 saturated carbocycles. The third-order valence-electron chi connectivity index (χ3n) is 6.53. The normalized spacial score (nSPS) is 15.8. The van der Waals surface area contributed by atoms with E-state index in [1.807, 2.05) is 16.9 Å². The lowest BCUT2D eigenvalue weighted by Crippen LogP contribution is -2.35. The van der Waals surface area contributed by atoms with E-state index in [1.54, 1.807) is 24.8 Å². The Labute approximate surface area is 198 Å². The smallest absolute Gasteiger partial charge is 0.158 e. The molecule has 33 heavy (non-hydrogen) atoms. The molecular weight excluding hydrogens is 434 g/mol. The van der Waals surface area contributed by atoms with Crippen LogP contribution in [0.3, 0.4) is 0 Å². The van der Waals surface area contributed by atoms with Crippen molar-refractivity contribution in [2.24, 2.45) is 0 Å². The van der Waals surface area contributed by atoms with Crippen molar-refractivity contribution in [3.05, 3.63) is 40.9 Å². The van der Waals surface area contributed by atoms with E-state index in [9.17, 15) is 0 Å². The molecule has 4 aromatic rings. The zero-order valence-corrected chi connectivity index (χ0v) is 20.5. The second kappa shape index (κ2) is 9.32. The Morgan fingerprint density at radius 2 is 2.06 bits per heavy atom. The summed E-state index contributed by atoms with van der Waals surface area (Å²) in [4.78, 5) is 12.8. The molecule has 9 heteroatoms. The van der Waals surface area contributed by atoms with Crippen molar-refractivity contribution in [2.75, 3.05) is 33.4 Å². The van der Waals surface area contributed by atoms with Gasteiger partial charge < -0.3 is 9.64 Å². The predicted molar refractivity (Wildman–Crippen MR) is 131 cm³/mol. The Kier molecular flexibility index (Phi) is 6.27. The summed E-state index contributed by atoms with van der Waals surface area (Å²) < 4.78 is 7.05. The standard InChI is InChI=1S/C24H31N7OS/c1-15(2)20-21(18-11-16(3)23-26-14-27-31(23)13-18)28-29-22(20)19-12-25-24(33-19)17-5-7-30(8-6-17)9-10-32-4/h11-15,17H,5-10H2,1-4H3,(H,28,29). The van der Waals surface area contributed by atoms with Gasteiger partial charge in [0.2, 0.25) is 0 Å². The summed E-state index contributed by atoms with van der Waals surface area (Å²) >= 11 is 1.81. The van der Waals surface area contributed by atoms with Crippen molar-refractivity contribution in [3.63, 3.8) is 0 Å². The van der Waals surface area contributed by atoms with Gasteiger partial charge in [-0.3, -0.25) is 5.10 Å². The lowest BCUT2D eigenvalue weighted by molar-refractivity contribution is 0.130. The number of aromatic amines is 1. The van der Waals surface area contributed by atoms with Gasteiger partial charge in [-0.15, -0.1) is 11.3 Å². The first kappa shape index (κ1) is 22.2. The molecule has 0 aliphatic carbocycles. The predicted octanol–water partition coefficient (Wildman–Crippen LogP) is 4.50. The molecule has 0 unspecified atom stereocenters. The number of H-pyrrole nitrogens is 1. The SMILES string of the molecule is COCCN1CCC(c2ncc(-c3[nH]nc(-c4cc(C)c5ncnn5c4)c3C(C)C)s2)CC1. The maximum atomic E-state index is 5.23. The molecule has 0 amide bonds. The highest BCUT2D eigenvalue weighted by atomic mass is 32.1. The van der Waals surface area contributed by atoms with E-state index in [1.165, 1.54) is 10.6 Å². The Morgan fingerprint density at radius 3 is 2.82 bits per heavy atom. The fourth-order valence-electron chi connectivity index (χ4n) is 4.76. The van der Waals surface area contributed by atoms with Gasteiger partial charge in [-0.05, 0) is 50.4 Å². The maximum absolute atomic E-state index is 5.23. The average Bonchev–Trinajstić information content (AvgIpc) is 3.56. The van der Waals surface area contributed by atoms with Gasteiger partial charge >= 0.3 is 0 Å². The highest BCUT2D eigenvalue weighted by molar-refractivity contribution is 7.15. The molecule has 4 aromatic heterocycles. The molecular formula is C24H31N7OS. The summed E-state index contributed by atoms with van der Waals surface area (Å²) in [6.45, 7) is 10.5. The van der Waals surface area contributed by atoms with E-state index in [0.717, 1.165) is 72.1 Å². The fourth-order valence-corrected chi connectivity index (χ4v) is 5.86. The van der Waals surface area contributed by atoms with Crippen LogP contribution in [0.15, 0.2) is 24.8 Å². The molecule has 0 atom stereocenters. The van der Waals surface area contributed by atoms with Crippen molar-refractivity contribution < 1.29 is 4.74 Å². The Bertz CT molecular complexity index is 1230. The molecule has 0 radical (unpaired) electrons. The minimum atomic E-state index is 0.315. The molecule has 8 nitrogen and oxygen atoms in total. The molecule has 0 spiro atoms. The van der Waals surface area contributed by atoms with Crippen LogP contribution in [0.25, 0.3) is 27.5 Å². The Hall–Kier alpha value is -2.62. The molecule has 1 aliphatic rings. The van der Waals surface area contributed by atoms with Gasteiger partial charge in [0.05, 0.1) is 27.9 Å². The maximum Gasteiger partial charge on any atom is 0.158 e. The quantitative estimate of drug-likeness (QED) is 0.433.